The Morgan fingerprint density at radius 3 is 2.17 bits per heavy atom. The molecule has 0 saturated carbocycles. The van der Waals surface area contributed by atoms with Crippen molar-refractivity contribution in [2.75, 3.05) is 13.6 Å². The number of carbonyl (C=O) groups is 2. The van der Waals surface area contributed by atoms with Gasteiger partial charge in [-0.1, -0.05) is 6.92 Å². The van der Waals surface area contributed by atoms with E-state index in [-0.39, 0.29) is 6.42 Å². The third-order valence-corrected chi connectivity index (χ3v) is 1.68. The maximum atomic E-state index is 10.5. The Hall–Kier alpha value is -1.10. The second-order valence-corrected chi connectivity index (χ2v) is 2.53. The van der Waals surface area contributed by atoms with Crippen LogP contribution in [0.5, 0.6) is 0 Å². The van der Waals surface area contributed by atoms with Crippen LogP contribution in [0.2, 0.25) is 0 Å². The molecule has 0 aliphatic carbocycles. The van der Waals surface area contributed by atoms with Gasteiger partial charge in [-0.2, -0.15) is 0 Å². The highest BCUT2D eigenvalue weighted by Crippen LogP contribution is 2.01. The van der Waals surface area contributed by atoms with Crippen molar-refractivity contribution in [3.05, 3.63) is 0 Å². The highest BCUT2D eigenvalue weighted by Gasteiger charge is 2.23. The molecule has 0 aromatic heterocycles. The van der Waals surface area contributed by atoms with Crippen LogP contribution in [0, 0.1) is 0 Å². The Morgan fingerprint density at radius 1 is 1.42 bits per heavy atom. The molecule has 0 spiro atoms. The molecular weight excluding hydrogens is 162 g/mol. The molecule has 0 aromatic rings. The first-order valence-corrected chi connectivity index (χ1v) is 3.63. The number of hydrogen-bond donors (Lipinski definition) is 2. The smallest absolute Gasteiger partial charge is 0.321 e. The molecule has 0 heterocycles. The minimum absolute atomic E-state index is 0.361. The van der Waals surface area contributed by atoms with Crippen LogP contribution in [0.3, 0.4) is 0 Å². The van der Waals surface area contributed by atoms with Gasteiger partial charge in [0.25, 0.3) is 0 Å². The van der Waals surface area contributed by atoms with Crippen molar-refractivity contribution in [2.45, 2.75) is 19.4 Å². The van der Waals surface area contributed by atoms with E-state index in [4.69, 9.17) is 10.2 Å². The minimum atomic E-state index is -1.10. The summed E-state index contributed by atoms with van der Waals surface area (Å²) in [6, 6.07) is -0.924. The van der Waals surface area contributed by atoms with E-state index < -0.39 is 18.0 Å². The molecule has 0 fully saturated rings. The maximum absolute atomic E-state index is 10.5. The molecule has 0 rings (SSSR count). The zero-order valence-corrected chi connectivity index (χ0v) is 7.15. The molecule has 70 valence electrons. The summed E-state index contributed by atoms with van der Waals surface area (Å²) < 4.78 is 0. The summed E-state index contributed by atoms with van der Waals surface area (Å²) in [6.45, 7) is 2.29. The Labute approximate surface area is 70.6 Å². The fraction of sp³-hybridized carbons (Fsp3) is 0.714. The zero-order chi connectivity index (χ0) is 9.72. The van der Waals surface area contributed by atoms with Crippen LogP contribution in [-0.2, 0) is 9.59 Å². The molecule has 1 unspecified atom stereocenters. The first-order chi connectivity index (χ1) is 5.49. The van der Waals surface area contributed by atoms with Crippen LogP contribution in [0.4, 0.5) is 0 Å². The predicted octanol–water partition coefficient (Wildman–Crippen LogP) is -0.134. The third-order valence-electron chi connectivity index (χ3n) is 1.68. The van der Waals surface area contributed by atoms with Crippen molar-refractivity contribution in [3.8, 4) is 0 Å². The summed E-state index contributed by atoms with van der Waals surface area (Å²) in [6.07, 6.45) is -0.361. The van der Waals surface area contributed by atoms with Crippen LogP contribution in [-0.4, -0.2) is 46.7 Å². The quantitative estimate of drug-likeness (QED) is 0.608. The first kappa shape index (κ1) is 10.9. The Morgan fingerprint density at radius 2 is 1.92 bits per heavy atom. The van der Waals surface area contributed by atoms with E-state index in [1.807, 2.05) is 0 Å². The van der Waals surface area contributed by atoms with Gasteiger partial charge in [-0.15, -0.1) is 0 Å². The molecule has 12 heavy (non-hydrogen) atoms. The largest absolute Gasteiger partial charge is 0.481 e. The summed E-state index contributed by atoms with van der Waals surface area (Å²) in [4.78, 5) is 22.3. The van der Waals surface area contributed by atoms with E-state index in [1.165, 1.54) is 4.90 Å². The summed E-state index contributed by atoms with van der Waals surface area (Å²) in [5, 5.41) is 17.0. The van der Waals surface area contributed by atoms with E-state index in [2.05, 4.69) is 0 Å². The van der Waals surface area contributed by atoms with Crippen molar-refractivity contribution in [1.82, 2.24) is 4.90 Å². The number of hydrogen-bond acceptors (Lipinski definition) is 3. The third kappa shape index (κ3) is 3.34. The van der Waals surface area contributed by atoms with Crippen LogP contribution >= 0.6 is 0 Å². The van der Waals surface area contributed by atoms with Crippen molar-refractivity contribution in [3.63, 3.8) is 0 Å². The average Bonchev–Trinajstić information content (AvgIpc) is 1.98. The number of nitrogens with zero attached hydrogens (tertiary/aromatic N) is 1. The number of carboxylic acid groups (broad SMARTS) is 2. The molecule has 0 aromatic carbocycles. The van der Waals surface area contributed by atoms with Gasteiger partial charge in [0.2, 0.25) is 0 Å². The van der Waals surface area contributed by atoms with Gasteiger partial charge in [-0.05, 0) is 13.6 Å². The lowest BCUT2D eigenvalue weighted by atomic mass is 10.2. The number of rotatable bonds is 5. The van der Waals surface area contributed by atoms with Gasteiger partial charge < -0.3 is 10.2 Å². The van der Waals surface area contributed by atoms with Gasteiger partial charge >= 0.3 is 11.9 Å². The van der Waals surface area contributed by atoms with E-state index in [9.17, 15) is 9.59 Å². The van der Waals surface area contributed by atoms with Crippen molar-refractivity contribution >= 4 is 11.9 Å². The van der Waals surface area contributed by atoms with Crippen LogP contribution in [0.1, 0.15) is 13.3 Å². The van der Waals surface area contributed by atoms with E-state index in [0.717, 1.165) is 0 Å². The molecule has 5 heteroatoms. The lowest BCUT2D eigenvalue weighted by Crippen LogP contribution is -2.39. The van der Waals surface area contributed by atoms with Gasteiger partial charge in [0.15, 0.2) is 0 Å². The molecule has 0 amide bonds. The Bertz CT molecular complexity index is 180. The number of carboxylic acids is 2. The van der Waals surface area contributed by atoms with Crippen molar-refractivity contribution in [1.29, 1.82) is 0 Å². The Kier molecular flexibility index (Phi) is 4.28. The highest BCUT2D eigenvalue weighted by atomic mass is 16.4. The molecule has 0 bridgehead atoms. The fourth-order valence-corrected chi connectivity index (χ4v) is 0.817. The zero-order valence-electron chi connectivity index (χ0n) is 7.15. The summed E-state index contributed by atoms with van der Waals surface area (Å²) >= 11 is 0. The molecule has 1 atom stereocenters. The predicted molar refractivity (Wildman–Crippen MR) is 42.0 cm³/mol. The summed E-state index contributed by atoms with van der Waals surface area (Å²) in [5.41, 5.74) is 0. The lowest BCUT2D eigenvalue weighted by Gasteiger charge is -2.20. The fourth-order valence-electron chi connectivity index (χ4n) is 0.817. The topological polar surface area (TPSA) is 77.8 Å². The van der Waals surface area contributed by atoms with E-state index >= 15 is 0 Å². The van der Waals surface area contributed by atoms with Crippen LogP contribution in [0.25, 0.3) is 0 Å². The SMILES string of the molecule is CCN(C)C(CC(=O)O)C(=O)O. The highest BCUT2D eigenvalue weighted by molar-refractivity contribution is 5.80. The van der Waals surface area contributed by atoms with Crippen LogP contribution < -0.4 is 0 Å². The normalized spacial score (nSPS) is 12.9. The molecular formula is C7H13NO4. The lowest BCUT2D eigenvalue weighted by molar-refractivity contribution is -0.149. The average molecular weight is 175 g/mol. The van der Waals surface area contributed by atoms with Crippen molar-refractivity contribution < 1.29 is 19.8 Å². The molecule has 2 N–H and O–H groups in total. The number of likely N-dealkylation sites (N-methyl/N-ethyl adjacent to an activating group) is 1. The monoisotopic (exact) mass is 175 g/mol. The molecule has 0 radical (unpaired) electrons. The summed E-state index contributed by atoms with van der Waals surface area (Å²) in [7, 11) is 1.59. The molecule has 0 aliphatic rings. The van der Waals surface area contributed by atoms with E-state index in [1.54, 1.807) is 14.0 Å². The molecule has 5 nitrogen and oxygen atoms in total. The van der Waals surface area contributed by atoms with Gasteiger partial charge in [0.05, 0.1) is 6.42 Å². The standard InChI is InChI=1S/C7H13NO4/c1-3-8(2)5(7(11)12)4-6(9)10/h5H,3-4H2,1-2H3,(H,9,10)(H,11,12). The van der Waals surface area contributed by atoms with E-state index in [0.29, 0.717) is 6.54 Å². The minimum Gasteiger partial charge on any atom is -0.481 e. The second-order valence-electron chi connectivity index (χ2n) is 2.53. The maximum Gasteiger partial charge on any atom is 0.321 e. The van der Waals surface area contributed by atoms with Crippen LogP contribution in [0.15, 0.2) is 0 Å². The first-order valence-electron chi connectivity index (χ1n) is 3.63. The van der Waals surface area contributed by atoms with Gasteiger partial charge in [-0.25, -0.2) is 0 Å². The molecule has 0 saturated heterocycles. The molecule has 0 aliphatic heterocycles. The Balaban J connectivity index is 4.22. The van der Waals surface area contributed by atoms with Gasteiger partial charge in [0, 0.05) is 0 Å². The second kappa shape index (κ2) is 4.71. The van der Waals surface area contributed by atoms with Gasteiger partial charge in [0.1, 0.15) is 6.04 Å². The van der Waals surface area contributed by atoms with Crippen molar-refractivity contribution in [2.24, 2.45) is 0 Å². The van der Waals surface area contributed by atoms with Gasteiger partial charge in [-0.3, -0.25) is 14.5 Å². The number of aliphatic carboxylic acids is 2. The summed E-state index contributed by atoms with van der Waals surface area (Å²) in [5.74, 6) is -2.19.